The number of fused-ring (bicyclic) bond motifs is 1. The minimum atomic E-state index is -4.55. The maximum atomic E-state index is 12.7. The molecule has 106 valence electrons. The smallest absolute Gasteiger partial charge is 0.399 e. The Morgan fingerprint density at radius 1 is 1.35 bits per heavy atom. The van der Waals surface area contributed by atoms with E-state index in [1.807, 2.05) is 6.07 Å². The quantitative estimate of drug-likeness (QED) is 0.788. The predicted octanol–water partition coefficient (Wildman–Crippen LogP) is 2.28. The number of alkyl halides is 3. The first-order valence-corrected chi connectivity index (χ1v) is 6.08. The summed E-state index contributed by atoms with van der Waals surface area (Å²) in [5.41, 5.74) is 7.11. The van der Waals surface area contributed by atoms with Gasteiger partial charge in [0.2, 0.25) is 5.95 Å². The van der Waals surface area contributed by atoms with Gasteiger partial charge < -0.3 is 11.1 Å². The number of hydrogen-bond acceptors (Lipinski definition) is 4. The normalized spacial score (nSPS) is 18.4. The minimum absolute atomic E-state index is 0.135. The van der Waals surface area contributed by atoms with Crippen LogP contribution in [0.3, 0.4) is 0 Å². The van der Waals surface area contributed by atoms with Crippen LogP contribution in [0.2, 0.25) is 0 Å². The second-order valence-corrected chi connectivity index (χ2v) is 4.60. The van der Waals surface area contributed by atoms with Crippen LogP contribution in [-0.2, 0) is 6.18 Å². The highest BCUT2D eigenvalue weighted by molar-refractivity contribution is 5.43. The Kier molecular flexibility index (Phi) is 2.81. The molecule has 0 radical (unpaired) electrons. The molecule has 1 aromatic heterocycles. The fraction of sp³-hybridized carbons (Fsp3) is 0.333. The Morgan fingerprint density at radius 2 is 2.15 bits per heavy atom. The topological polar surface area (TPSA) is 68.8 Å². The maximum Gasteiger partial charge on any atom is 0.453 e. The number of nitrogen functional groups attached to an aromatic ring is 1. The number of anilines is 2. The number of rotatable bonds is 1. The van der Waals surface area contributed by atoms with Crippen LogP contribution in [0.5, 0.6) is 0 Å². The molecule has 0 spiro atoms. The average molecular weight is 283 g/mol. The van der Waals surface area contributed by atoms with E-state index in [4.69, 9.17) is 5.73 Å². The highest BCUT2D eigenvalue weighted by atomic mass is 19.4. The molecule has 20 heavy (non-hydrogen) atoms. The lowest BCUT2D eigenvalue weighted by atomic mass is 10.0. The van der Waals surface area contributed by atoms with E-state index < -0.39 is 12.0 Å². The van der Waals surface area contributed by atoms with Crippen molar-refractivity contribution in [1.82, 2.24) is 14.8 Å². The average Bonchev–Trinajstić information content (AvgIpc) is 2.82. The molecule has 1 aliphatic rings. The van der Waals surface area contributed by atoms with Crippen molar-refractivity contribution in [2.24, 2.45) is 0 Å². The van der Waals surface area contributed by atoms with Crippen LogP contribution < -0.4 is 11.1 Å². The van der Waals surface area contributed by atoms with Crippen molar-refractivity contribution in [3.05, 3.63) is 35.7 Å². The fourth-order valence-electron chi connectivity index (χ4n) is 2.30. The molecule has 1 unspecified atom stereocenters. The molecule has 1 aromatic carbocycles. The van der Waals surface area contributed by atoms with Crippen LogP contribution >= 0.6 is 0 Å². The number of halogens is 3. The standard InChI is InChI=1S/C12H12F3N5/c13-12(14,15)10-18-11-17-5-4-9(20(11)19-10)7-2-1-3-8(16)6-7/h1-3,6,9H,4-5,16H2,(H,17,18,19). The number of aromatic nitrogens is 3. The van der Waals surface area contributed by atoms with Gasteiger partial charge >= 0.3 is 6.18 Å². The van der Waals surface area contributed by atoms with Gasteiger partial charge in [0.05, 0.1) is 6.04 Å². The molecule has 0 amide bonds. The van der Waals surface area contributed by atoms with E-state index in [-0.39, 0.29) is 12.0 Å². The van der Waals surface area contributed by atoms with Gasteiger partial charge in [-0.2, -0.15) is 18.2 Å². The number of nitrogens with one attached hydrogen (secondary N) is 1. The molecule has 3 rings (SSSR count). The van der Waals surface area contributed by atoms with Crippen LogP contribution in [0.15, 0.2) is 24.3 Å². The molecule has 0 saturated carbocycles. The van der Waals surface area contributed by atoms with Gasteiger partial charge in [-0.1, -0.05) is 12.1 Å². The summed E-state index contributed by atoms with van der Waals surface area (Å²) < 4.78 is 39.3. The first kappa shape index (κ1) is 12.8. The molecule has 0 fully saturated rings. The second kappa shape index (κ2) is 4.39. The van der Waals surface area contributed by atoms with E-state index in [2.05, 4.69) is 15.4 Å². The number of benzene rings is 1. The molecule has 3 N–H and O–H groups in total. The van der Waals surface area contributed by atoms with Crippen LogP contribution in [0, 0.1) is 0 Å². The first-order valence-electron chi connectivity index (χ1n) is 6.08. The van der Waals surface area contributed by atoms with Gasteiger partial charge in [-0.05, 0) is 24.1 Å². The molecule has 2 aromatic rings. The summed E-state index contributed by atoms with van der Waals surface area (Å²) in [7, 11) is 0. The van der Waals surface area contributed by atoms with Gasteiger partial charge in [0.15, 0.2) is 0 Å². The lowest BCUT2D eigenvalue weighted by Crippen LogP contribution is -2.24. The largest absolute Gasteiger partial charge is 0.453 e. The third-order valence-corrected chi connectivity index (χ3v) is 3.18. The summed E-state index contributed by atoms with van der Waals surface area (Å²) in [6, 6.07) is 6.78. The summed E-state index contributed by atoms with van der Waals surface area (Å²) in [6.45, 7) is 0.537. The highest BCUT2D eigenvalue weighted by Gasteiger charge is 2.38. The van der Waals surface area contributed by atoms with Gasteiger partial charge in [0, 0.05) is 12.2 Å². The van der Waals surface area contributed by atoms with E-state index >= 15 is 0 Å². The van der Waals surface area contributed by atoms with Gasteiger partial charge in [-0.25, -0.2) is 4.68 Å². The Balaban J connectivity index is 2.04. The van der Waals surface area contributed by atoms with Crippen LogP contribution in [0.25, 0.3) is 0 Å². The van der Waals surface area contributed by atoms with Crippen molar-refractivity contribution in [1.29, 1.82) is 0 Å². The van der Waals surface area contributed by atoms with Crippen molar-refractivity contribution in [2.45, 2.75) is 18.6 Å². The zero-order valence-electron chi connectivity index (χ0n) is 10.4. The molecule has 0 bridgehead atoms. The predicted molar refractivity (Wildman–Crippen MR) is 67.1 cm³/mol. The van der Waals surface area contributed by atoms with Gasteiger partial charge in [-0.15, -0.1) is 5.10 Å². The lowest BCUT2D eigenvalue weighted by molar-refractivity contribution is -0.145. The number of nitrogens with two attached hydrogens (primary N) is 1. The van der Waals surface area contributed by atoms with E-state index in [0.29, 0.717) is 18.7 Å². The molecule has 8 heteroatoms. The van der Waals surface area contributed by atoms with E-state index in [9.17, 15) is 13.2 Å². The lowest BCUT2D eigenvalue weighted by Gasteiger charge is -2.24. The highest BCUT2D eigenvalue weighted by Crippen LogP contribution is 2.33. The number of nitrogens with zero attached hydrogens (tertiary/aromatic N) is 3. The summed E-state index contributed by atoms with van der Waals surface area (Å²) in [6.07, 6.45) is -3.93. The molecular formula is C12H12F3N5. The molecule has 0 aliphatic carbocycles. The maximum absolute atomic E-state index is 12.7. The third-order valence-electron chi connectivity index (χ3n) is 3.18. The summed E-state index contributed by atoms with van der Waals surface area (Å²) in [5, 5.41) is 6.41. The van der Waals surface area contributed by atoms with Crippen molar-refractivity contribution >= 4 is 11.6 Å². The van der Waals surface area contributed by atoms with E-state index in [1.54, 1.807) is 18.2 Å². The fourth-order valence-corrected chi connectivity index (χ4v) is 2.30. The van der Waals surface area contributed by atoms with E-state index in [0.717, 1.165) is 5.56 Å². The molecule has 2 heterocycles. The second-order valence-electron chi connectivity index (χ2n) is 4.60. The molecule has 1 aliphatic heterocycles. The van der Waals surface area contributed by atoms with Crippen molar-refractivity contribution in [3.8, 4) is 0 Å². The van der Waals surface area contributed by atoms with E-state index in [1.165, 1.54) is 4.68 Å². The molecular weight excluding hydrogens is 271 g/mol. The SMILES string of the molecule is Nc1cccc(C2CCNc3nc(C(F)(F)F)nn32)c1. The Hall–Kier alpha value is -2.25. The molecule has 1 atom stereocenters. The summed E-state index contributed by atoms with van der Waals surface area (Å²) in [4.78, 5) is 3.50. The van der Waals surface area contributed by atoms with Crippen molar-refractivity contribution < 1.29 is 13.2 Å². The van der Waals surface area contributed by atoms with Crippen LogP contribution in [0.4, 0.5) is 24.8 Å². The van der Waals surface area contributed by atoms with Crippen LogP contribution in [-0.4, -0.2) is 21.3 Å². The zero-order chi connectivity index (χ0) is 14.3. The Bertz CT molecular complexity index is 634. The van der Waals surface area contributed by atoms with Gasteiger partial charge in [-0.3, -0.25) is 0 Å². The van der Waals surface area contributed by atoms with Crippen molar-refractivity contribution in [3.63, 3.8) is 0 Å². The van der Waals surface area contributed by atoms with Crippen LogP contribution in [0.1, 0.15) is 23.9 Å². The minimum Gasteiger partial charge on any atom is -0.399 e. The summed E-state index contributed by atoms with van der Waals surface area (Å²) >= 11 is 0. The zero-order valence-corrected chi connectivity index (χ0v) is 10.4. The van der Waals surface area contributed by atoms with Crippen molar-refractivity contribution in [2.75, 3.05) is 17.6 Å². The Labute approximate surface area is 112 Å². The molecule has 5 nitrogen and oxygen atoms in total. The summed E-state index contributed by atoms with van der Waals surface area (Å²) in [5.74, 6) is -0.994. The van der Waals surface area contributed by atoms with Gasteiger partial charge in [0.25, 0.3) is 5.82 Å². The van der Waals surface area contributed by atoms with Gasteiger partial charge in [0.1, 0.15) is 0 Å². The third kappa shape index (κ3) is 2.17. The first-order chi connectivity index (χ1) is 9.45. The number of hydrogen-bond donors (Lipinski definition) is 2. The monoisotopic (exact) mass is 283 g/mol. The Morgan fingerprint density at radius 3 is 2.85 bits per heavy atom. The molecule has 0 saturated heterocycles.